The van der Waals surface area contributed by atoms with Crippen molar-refractivity contribution in [1.82, 2.24) is 15.2 Å². The summed E-state index contributed by atoms with van der Waals surface area (Å²) in [5, 5.41) is 12.0. The van der Waals surface area contributed by atoms with E-state index in [4.69, 9.17) is 19.5 Å². The Morgan fingerprint density at radius 3 is 1.98 bits per heavy atom. The fourth-order valence-corrected chi connectivity index (χ4v) is 5.25. The summed E-state index contributed by atoms with van der Waals surface area (Å²) >= 11 is 0. The molecule has 2 aromatic carbocycles. The molecule has 0 atom stereocenters. The zero-order valence-electron chi connectivity index (χ0n) is 23.1. The number of rotatable bonds is 8. The largest absolute Gasteiger partial charge is 0.497 e. The number of amides is 2. The van der Waals surface area contributed by atoms with Crippen molar-refractivity contribution in [2.45, 2.75) is 56.8 Å². The average molecular weight is 555 g/mol. The lowest BCUT2D eigenvalue weighted by atomic mass is 9.92. The molecule has 2 fully saturated rings. The zero-order valence-corrected chi connectivity index (χ0v) is 23.1. The number of aromatic nitrogens is 1. The van der Waals surface area contributed by atoms with Gasteiger partial charge in [0.05, 0.1) is 30.4 Å². The molecular weight excluding hydrogens is 520 g/mol. The van der Waals surface area contributed by atoms with Crippen LogP contribution in [0.4, 0.5) is 0 Å². The number of pyridine rings is 1. The number of likely N-dealkylation sites (tertiary alicyclic amines) is 1. The van der Waals surface area contributed by atoms with Crippen LogP contribution in [0, 0.1) is 11.3 Å². The summed E-state index contributed by atoms with van der Waals surface area (Å²) < 4.78 is 17.3. The number of methoxy groups -OCH3 is 1. The van der Waals surface area contributed by atoms with Crippen LogP contribution in [0.3, 0.4) is 0 Å². The number of carbonyl (C=O) groups is 2. The van der Waals surface area contributed by atoms with E-state index in [1.54, 1.807) is 31.4 Å². The average Bonchev–Trinajstić information content (AvgIpc) is 3.03. The maximum absolute atomic E-state index is 13.0. The number of nitriles is 1. The lowest BCUT2D eigenvalue weighted by molar-refractivity contribution is 0.0594. The summed E-state index contributed by atoms with van der Waals surface area (Å²) in [5.41, 5.74) is 1.37. The number of nitrogens with zero attached hydrogens (tertiary/aromatic N) is 3. The van der Waals surface area contributed by atoms with Crippen LogP contribution in [-0.2, 0) is 0 Å². The molecule has 2 aliphatic rings. The molecule has 1 saturated heterocycles. The summed E-state index contributed by atoms with van der Waals surface area (Å²) in [6.07, 6.45) is 6.37. The van der Waals surface area contributed by atoms with Crippen molar-refractivity contribution in [2.75, 3.05) is 20.2 Å². The van der Waals surface area contributed by atoms with Gasteiger partial charge in [-0.3, -0.25) is 14.6 Å². The number of benzene rings is 2. The molecule has 3 aromatic rings. The second-order valence-corrected chi connectivity index (χ2v) is 10.4. The van der Waals surface area contributed by atoms with E-state index in [1.807, 2.05) is 41.3 Å². The molecule has 0 spiro atoms. The maximum atomic E-state index is 13.0. The van der Waals surface area contributed by atoms with E-state index in [9.17, 15) is 9.59 Å². The third kappa shape index (κ3) is 7.34. The molecule has 9 nitrogen and oxygen atoms in total. The fraction of sp³-hybridized carbons (Fsp3) is 0.375. The number of hydrogen-bond donors (Lipinski definition) is 1. The van der Waals surface area contributed by atoms with Crippen LogP contribution in [0.15, 0.2) is 66.9 Å². The van der Waals surface area contributed by atoms with Crippen LogP contribution in [0.25, 0.3) is 0 Å². The van der Waals surface area contributed by atoms with E-state index in [-0.39, 0.29) is 30.1 Å². The molecule has 1 saturated carbocycles. The molecule has 0 unspecified atom stereocenters. The minimum atomic E-state index is -0.239. The Kier molecular flexibility index (Phi) is 8.99. The minimum Gasteiger partial charge on any atom is -0.497 e. The summed E-state index contributed by atoms with van der Waals surface area (Å²) in [4.78, 5) is 31.9. The Morgan fingerprint density at radius 1 is 0.829 bits per heavy atom. The Labute approximate surface area is 240 Å². The Bertz CT molecular complexity index is 1350. The highest BCUT2D eigenvalue weighted by molar-refractivity contribution is 5.96. The van der Waals surface area contributed by atoms with Crippen molar-refractivity contribution in [2.24, 2.45) is 0 Å². The van der Waals surface area contributed by atoms with Crippen LogP contribution < -0.4 is 19.5 Å². The maximum Gasteiger partial charge on any atom is 0.270 e. The first-order valence-corrected chi connectivity index (χ1v) is 14.0. The summed E-state index contributed by atoms with van der Waals surface area (Å²) in [7, 11) is 1.63. The quantitative estimate of drug-likeness (QED) is 0.427. The predicted octanol–water partition coefficient (Wildman–Crippen LogP) is 4.77. The smallest absolute Gasteiger partial charge is 0.270 e. The highest BCUT2D eigenvalue weighted by Gasteiger charge is 2.26. The van der Waals surface area contributed by atoms with Crippen LogP contribution in [0.2, 0.25) is 0 Å². The van der Waals surface area contributed by atoms with Crippen molar-refractivity contribution in [3.63, 3.8) is 0 Å². The molecule has 1 aliphatic heterocycles. The summed E-state index contributed by atoms with van der Waals surface area (Å²) in [6, 6.07) is 20.1. The molecule has 2 heterocycles. The van der Waals surface area contributed by atoms with E-state index in [0.29, 0.717) is 29.9 Å². The van der Waals surface area contributed by atoms with Gasteiger partial charge in [-0.25, -0.2) is 0 Å². The van der Waals surface area contributed by atoms with E-state index in [1.165, 1.54) is 6.20 Å². The number of ether oxygens (including phenoxy) is 3. The monoisotopic (exact) mass is 554 g/mol. The van der Waals surface area contributed by atoms with Gasteiger partial charge in [0.15, 0.2) is 0 Å². The standard InChI is InChI=1S/C32H34N4O5/c1-39-25-11-13-28(14-12-25)41-29-16-18-36(19-17-29)32(38)23-4-15-30(34-21-23)31(37)35-24-5-9-27(10-6-24)40-26-7-2-22(20-33)3-8-26/h2-4,7-8,11-15,21,24,27,29H,5-6,9-10,16-19H2,1H3,(H,35,37)/t24-,27+. The first-order valence-electron chi connectivity index (χ1n) is 14.0. The number of piperidine rings is 1. The molecule has 1 aromatic heterocycles. The van der Waals surface area contributed by atoms with Gasteiger partial charge in [0.25, 0.3) is 11.8 Å². The second kappa shape index (κ2) is 13.2. The minimum absolute atomic E-state index is 0.0489. The van der Waals surface area contributed by atoms with Crippen molar-refractivity contribution >= 4 is 11.8 Å². The molecule has 1 N–H and O–H groups in total. The second-order valence-electron chi connectivity index (χ2n) is 10.4. The first-order chi connectivity index (χ1) is 20.0. The zero-order chi connectivity index (χ0) is 28.6. The Morgan fingerprint density at radius 2 is 1.41 bits per heavy atom. The molecule has 41 heavy (non-hydrogen) atoms. The highest BCUT2D eigenvalue weighted by Crippen LogP contribution is 2.25. The van der Waals surface area contributed by atoms with E-state index in [0.717, 1.165) is 55.8 Å². The topological polar surface area (TPSA) is 114 Å². The van der Waals surface area contributed by atoms with Gasteiger partial charge >= 0.3 is 0 Å². The molecule has 0 radical (unpaired) electrons. The van der Waals surface area contributed by atoms with Crippen molar-refractivity contribution in [1.29, 1.82) is 5.26 Å². The van der Waals surface area contributed by atoms with Gasteiger partial charge in [-0.15, -0.1) is 0 Å². The van der Waals surface area contributed by atoms with Crippen LogP contribution >= 0.6 is 0 Å². The summed E-state index contributed by atoms with van der Waals surface area (Å²) in [6.45, 7) is 1.19. The lowest BCUT2D eigenvalue weighted by Crippen LogP contribution is -2.42. The molecule has 2 amide bonds. The van der Waals surface area contributed by atoms with Crippen LogP contribution in [0.5, 0.6) is 17.2 Å². The van der Waals surface area contributed by atoms with Gasteiger partial charge in [-0.05, 0) is 86.3 Å². The Hall–Kier alpha value is -4.58. The van der Waals surface area contributed by atoms with Crippen molar-refractivity contribution < 1.29 is 23.8 Å². The van der Waals surface area contributed by atoms with E-state index >= 15 is 0 Å². The Balaban J connectivity index is 1.05. The molecule has 1 aliphatic carbocycles. The normalized spacial score (nSPS) is 19.1. The lowest BCUT2D eigenvalue weighted by Gasteiger charge is -2.32. The SMILES string of the molecule is COc1ccc(OC2CCN(C(=O)c3ccc(C(=O)N[C@H]4CC[C@@H](Oc5ccc(C#N)cc5)CC4)nc3)CC2)cc1. The van der Waals surface area contributed by atoms with Gasteiger partial charge in [-0.1, -0.05) is 0 Å². The summed E-state index contributed by atoms with van der Waals surface area (Å²) in [5.74, 6) is 1.99. The fourth-order valence-electron chi connectivity index (χ4n) is 5.25. The van der Waals surface area contributed by atoms with Gasteiger partial charge in [0.1, 0.15) is 29.0 Å². The van der Waals surface area contributed by atoms with Gasteiger partial charge in [0.2, 0.25) is 0 Å². The first kappa shape index (κ1) is 28.0. The highest BCUT2D eigenvalue weighted by atomic mass is 16.5. The number of nitrogens with one attached hydrogen (secondary N) is 1. The number of carbonyl (C=O) groups excluding carboxylic acids is 2. The van der Waals surface area contributed by atoms with Crippen molar-refractivity contribution in [3.05, 3.63) is 83.7 Å². The van der Waals surface area contributed by atoms with Crippen LogP contribution in [-0.4, -0.2) is 60.1 Å². The van der Waals surface area contributed by atoms with E-state index in [2.05, 4.69) is 16.4 Å². The molecule has 0 bridgehead atoms. The molecular formula is C32H34N4O5. The van der Waals surface area contributed by atoms with Crippen molar-refractivity contribution in [3.8, 4) is 23.3 Å². The number of hydrogen-bond acceptors (Lipinski definition) is 7. The predicted molar refractivity (Wildman–Crippen MR) is 152 cm³/mol. The van der Waals surface area contributed by atoms with E-state index < -0.39 is 0 Å². The van der Waals surface area contributed by atoms with Gasteiger partial charge in [0, 0.05) is 38.2 Å². The third-order valence-corrected chi connectivity index (χ3v) is 7.63. The van der Waals surface area contributed by atoms with Gasteiger partial charge < -0.3 is 24.4 Å². The molecule has 5 rings (SSSR count). The molecule has 212 valence electrons. The third-order valence-electron chi connectivity index (χ3n) is 7.63. The van der Waals surface area contributed by atoms with Gasteiger partial charge in [-0.2, -0.15) is 5.26 Å². The molecule has 9 heteroatoms. The van der Waals surface area contributed by atoms with Crippen LogP contribution in [0.1, 0.15) is 64.9 Å².